The van der Waals surface area contributed by atoms with Crippen molar-refractivity contribution in [2.75, 3.05) is 25.1 Å². The first kappa shape index (κ1) is 16.6. The molecule has 1 rings (SSSR count). The predicted octanol–water partition coefficient (Wildman–Crippen LogP) is 2.44. The third-order valence-electron chi connectivity index (χ3n) is 2.54. The van der Waals surface area contributed by atoms with E-state index < -0.39 is 28.0 Å². The lowest BCUT2D eigenvalue weighted by Gasteiger charge is -2.09. The van der Waals surface area contributed by atoms with Crippen molar-refractivity contribution in [2.45, 2.75) is 6.42 Å². The summed E-state index contributed by atoms with van der Waals surface area (Å²) in [5.41, 5.74) is -1.48. The van der Waals surface area contributed by atoms with Crippen LogP contribution in [0.1, 0.15) is 16.8 Å². The van der Waals surface area contributed by atoms with E-state index >= 15 is 0 Å². The van der Waals surface area contributed by atoms with Gasteiger partial charge in [0, 0.05) is 6.54 Å². The number of carboxylic acid groups (broad SMARTS) is 1. The van der Waals surface area contributed by atoms with Crippen LogP contribution in [0.5, 0.6) is 0 Å². The zero-order valence-electron chi connectivity index (χ0n) is 11.2. The van der Waals surface area contributed by atoms with Crippen molar-refractivity contribution in [1.82, 2.24) is 0 Å². The summed E-state index contributed by atoms with van der Waals surface area (Å²) in [6.07, 6.45) is 2.39. The number of aromatic carboxylic acids is 1. The van der Waals surface area contributed by atoms with Gasteiger partial charge in [-0.15, -0.1) is 6.58 Å². The minimum atomic E-state index is -1.49. The second-order valence-electron chi connectivity index (χ2n) is 4.03. The lowest BCUT2D eigenvalue weighted by Crippen LogP contribution is -2.12. The minimum Gasteiger partial charge on any atom is -0.477 e. The molecule has 0 aromatic heterocycles. The number of hydrogen-bond acceptors (Lipinski definition) is 5. The van der Waals surface area contributed by atoms with Gasteiger partial charge in [0.2, 0.25) is 0 Å². The third kappa shape index (κ3) is 4.84. The van der Waals surface area contributed by atoms with Crippen LogP contribution in [0.2, 0.25) is 0 Å². The van der Waals surface area contributed by atoms with Gasteiger partial charge in [-0.05, 0) is 12.5 Å². The van der Waals surface area contributed by atoms with Crippen LogP contribution in [0.25, 0.3) is 0 Å². The molecule has 0 aliphatic rings. The predicted molar refractivity (Wildman–Crippen MR) is 74.1 cm³/mol. The van der Waals surface area contributed by atoms with E-state index in [4.69, 9.17) is 9.84 Å². The Morgan fingerprint density at radius 2 is 2.24 bits per heavy atom. The molecule has 0 radical (unpaired) electrons. The van der Waals surface area contributed by atoms with E-state index in [0.717, 1.165) is 6.07 Å². The molecule has 0 aliphatic carbocycles. The van der Waals surface area contributed by atoms with Gasteiger partial charge in [0.15, 0.2) is 5.82 Å². The fourth-order valence-corrected chi connectivity index (χ4v) is 1.55. The number of anilines is 1. The van der Waals surface area contributed by atoms with E-state index in [1.54, 1.807) is 6.08 Å². The minimum absolute atomic E-state index is 0.120. The van der Waals surface area contributed by atoms with Crippen molar-refractivity contribution in [2.24, 2.45) is 0 Å². The quantitative estimate of drug-likeness (QED) is 0.314. The first-order chi connectivity index (χ1) is 9.97. The molecule has 0 unspecified atom stereocenters. The number of benzene rings is 1. The van der Waals surface area contributed by atoms with Crippen LogP contribution in [0, 0.1) is 15.9 Å². The van der Waals surface area contributed by atoms with Gasteiger partial charge in [-0.2, -0.15) is 0 Å². The Balaban J connectivity index is 2.74. The van der Waals surface area contributed by atoms with Crippen molar-refractivity contribution in [3.8, 4) is 0 Å². The van der Waals surface area contributed by atoms with E-state index in [1.165, 1.54) is 0 Å². The molecule has 0 aliphatic heterocycles. The molecule has 1 aromatic carbocycles. The van der Waals surface area contributed by atoms with Crippen molar-refractivity contribution in [1.29, 1.82) is 0 Å². The van der Waals surface area contributed by atoms with Gasteiger partial charge in [-0.3, -0.25) is 10.1 Å². The standard InChI is InChI=1S/C13H15FN2O5/c1-2-3-5-21-6-4-15-11-7-9(13(17)18)12(16(19)20)8-10(11)14/h2,7-8,15H,1,3-6H2,(H,17,18). The van der Waals surface area contributed by atoms with Crippen molar-refractivity contribution < 1.29 is 24.0 Å². The van der Waals surface area contributed by atoms with Crippen molar-refractivity contribution >= 4 is 17.3 Å². The third-order valence-corrected chi connectivity index (χ3v) is 2.54. The number of nitrogens with one attached hydrogen (secondary N) is 1. The number of nitro benzene ring substituents is 1. The molecule has 8 heteroatoms. The lowest BCUT2D eigenvalue weighted by molar-refractivity contribution is -0.385. The van der Waals surface area contributed by atoms with Gasteiger partial charge >= 0.3 is 5.97 Å². The summed E-state index contributed by atoms with van der Waals surface area (Å²) in [6, 6.07) is 1.49. The van der Waals surface area contributed by atoms with Gasteiger partial charge < -0.3 is 15.2 Å². The highest BCUT2D eigenvalue weighted by molar-refractivity contribution is 5.93. The maximum atomic E-state index is 13.7. The van der Waals surface area contributed by atoms with E-state index in [9.17, 15) is 19.3 Å². The Hall–Kier alpha value is -2.48. The molecule has 21 heavy (non-hydrogen) atoms. The van der Waals surface area contributed by atoms with E-state index in [2.05, 4.69) is 11.9 Å². The van der Waals surface area contributed by atoms with Crippen LogP contribution in [-0.2, 0) is 4.74 Å². The second-order valence-corrected chi connectivity index (χ2v) is 4.03. The first-order valence-electron chi connectivity index (χ1n) is 6.11. The van der Waals surface area contributed by atoms with E-state index in [-0.39, 0.29) is 18.8 Å². The summed E-state index contributed by atoms with van der Waals surface area (Å²) >= 11 is 0. The summed E-state index contributed by atoms with van der Waals surface area (Å²) < 4.78 is 18.9. The average molecular weight is 298 g/mol. The maximum absolute atomic E-state index is 13.7. The Bertz CT molecular complexity index is 548. The summed E-state index contributed by atoms with van der Waals surface area (Å²) in [4.78, 5) is 20.7. The molecule has 0 bridgehead atoms. The molecule has 0 atom stereocenters. The molecule has 1 aromatic rings. The molecule has 114 valence electrons. The summed E-state index contributed by atoms with van der Waals surface area (Å²) in [6.45, 7) is 4.54. The van der Waals surface area contributed by atoms with Gasteiger partial charge in [0.05, 0.1) is 29.9 Å². The first-order valence-corrected chi connectivity index (χ1v) is 6.11. The van der Waals surface area contributed by atoms with Gasteiger partial charge in [0.1, 0.15) is 5.56 Å². The van der Waals surface area contributed by atoms with Crippen LogP contribution in [0.15, 0.2) is 24.8 Å². The lowest BCUT2D eigenvalue weighted by atomic mass is 10.1. The average Bonchev–Trinajstić information content (AvgIpc) is 2.43. The molecule has 0 amide bonds. The second kappa shape index (κ2) is 7.95. The number of carboxylic acids is 1. The molecule has 7 nitrogen and oxygen atoms in total. The Morgan fingerprint density at radius 1 is 1.52 bits per heavy atom. The van der Waals surface area contributed by atoms with E-state index in [1.807, 2.05) is 0 Å². The van der Waals surface area contributed by atoms with Crippen LogP contribution in [-0.4, -0.2) is 35.8 Å². The molecular weight excluding hydrogens is 283 g/mol. The van der Waals surface area contributed by atoms with Crippen LogP contribution in [0.4, 0.5) is 15.8 Å². The number of ether oxygens (including phenoxy) is 1. The zero-order valence-corrected chi connectivity index (χ0v) is 11.2. The fraction of sp³-hybridized carbons (Fsp3) is 0.308. The summed E-state index contributed by atoms with van der Waals surface area (Å²) in [7, 11) is 0. The molecule has 0 saturated carbocycles. The highest BCUT2D eigenvalue weighted by Gasteiger charge is 2.23. The molecule has 0 fully saturated rings. The van der Waals surface area contributed by atoms with Crippen LogP contribution >= 0.6 is 0 Å². The molecule has 2 N–H and O–H groups in total. The monoisotopic (exact) mass is 298 g/mol. The molecule has 0 saturated heterocycles. The number of nitro groups is 1. The van der Waals surface area contributed by atoms with Crippen LogP contribution < -0.4 is 5.32 Å². The summed E-state index contributed by atoms with van der Waals surface area (Å²) in [5.74, 6) is -2.38. The topological polar surface area (TPSA) is 102 Å². The number of halogens is 1. The van der Waals surface area contributed by atoms with Crippen molar-refractivity contribution in [3.63, 3.8) is 0 Å². The Morgan fingerprint density at radius 3 is 2.81 bits per heavy atom. The normalized spacial score (nSPS) is 10.1. The smallest absolute Gasteiger partial charge is 0.342 e. The number of hydrogen-bond donors (Lipinski definition) is 2. The highest BCUT2D eigenvalue weighted by atomic mass is 19.1. The van der Waals surface area contributed by atoms with Gasteiger partial charge in [0.25, 0.3) is 5.69 Å². The fourth-order valence-electron chi connectivity index (χ4n) is 1.55. The highest BCUT2D eigenvalue weighted by Crippen LogP contribution is 2.26. The molecule has 0 heterocycles. The molecule has 0 spiro atoms. The van der Waals surface area contributed by atoms with Crippen LogP contribution in [0.3, 0.4) is 0 Å². The van der Waals surface area contributed by atoms with Gasteiger partial charge in [-0.25, -0.2) is 9.18 Å². The molecular formula is C13H15FN2O5. The van der Waals surface area contributed by atoms with E-state index in [0.29, 0.717) is 19.1 Å². The Kier molecular flexibility index (Phi) is 6.28. The zero-order chi connectivity index (χ0) is 15.8. The number of nitrogens with zero attached hydrogens (tertiary/aromatic N) is 1. The SMILES string of the molecule is C=CCCOCCNc1cc(C(=O)O)c([N+](=O)[O-])cc1F. The number of carbonyl (C=O) groups is 1. The maximum Gasteiger partial charge on any atom is 0.342 e. The number of rotatable bonds is 9. The van der Waals surface area contributed by atoms with Crippen molar-refractivity contribution in [3.05, 3.63) is 46.3 Å². The van der Waals surface area contributed by atoms with Gasteiger partial charge in [-0.1, -0.05) is 6.08 Å². The summed E-state index contributed by atoms with van der Waals surface area (Å²) in [5, 5.41) is 22.2. The largest absolute Gasteiger partial charge is 0.477 e. The Labute approximate surface area is 120 Å².